The molecule has 0 aliphatic heterocycles. The summed E-state index contributed by atoms with van der Waals surface area (Å²) in [7, 11) is 2.51. The minimum atomic E-state index is -0.657. The molecule has 0 atom stereocenters. The van der Waals surface area contributed by atoms with Crippen LogP contribution in [0.4, 0.5) is 4.79 Å². The van der Waals surface area contributed by atoms with Crippen LogP contribution in [0.5, 0.6) is 0 Å². The minimum absolute atomic E-state index is 0. The fourth-order valence-corrected chi connectivity index (χ4v) is 0.0833. The van der Waals surface area contributed by atoms with Crippen LogP contribution < -0.4 is 0 Å². The summed E-state index contributed by atoms with van der Waals surface area (Å²) in [4.78, 5) is 9.74. The molecule has 0 rings (SSSR count). The van der Waals surface area contributed by atoms with E-state index in [0.29, 0.717) is 0 Å². The number of carbonyl (C=O) groups is 1. The van der Waals surface area contributed by atoms with E-state index in [1.54, 1.807) is 0 Å². The van der Waals surface area contributed by atoms with Gasteiger partial charge in [-0.15, -0.1) is 12.4 Å². The minimum Gasteiger partial charge on any atom is -0.438 e. The van der Waals surface area contributed by atoms with Crippen LogP contribution in [0.15, 0.2) is 0 Å². The van der Waals surface area contributed by atoms with Crippen molar-refractivity contribution >= 4 is 18.6 Å². The fraction of sp³-hybridized carbons (Fsp3) is 0.667. The van der Waals surface area contributed by atoms with E-state index in [1.807, 2.05) is 0 Å². The van der Waals surface area contributed by atoms with Crippen molar-refractivity contribution in [2.24, 2.45) is 0 Å². The lowest BCUT2D eigenvalue weighted by molar-refractivity contribution is 0.0924. The molecule has 0 radical (unpaired) electrons. The molecule has 0 amide bonds. The molecule has 7 heavy (non-hydrogen) atoms. The standard InChI is InChI=1S/C3H6O3.ClH/c1-5-3(4)6-2;/h1-2H3;1H. The average Bonchev–Trinajstić information content (AvgIpc) is 1.65. The van der Waals surface area contributed by atoms with Crippen molar-refractivity contribution in [2.75, 3.05) is 14.2 Å². The van der Waals surface area contributed by atoms with E-state index >= 15 is 0 Å². The molecule has 44 valence electrons. The Morgan fingerprint density at radius 3 is 1.57 bits per heavy atom. The largest absolute Gasteiger partial charge is 0.507 e. The zero-order valence-electron chi connectivity index (χ0n) is 4.13. The lowest BCUT2D eigenvalue weighted by atomic mass is 11.3. The maximum absolute atomic E-state index is 9.74. The molecule has 0 unspecified atom stereocenters. The van der Waals surface area contributed by atoms with Gasteiger partial charge in [0.1, 0.15) is 0 Å². The molecule has 0 heterocycles. The molecule has 0 aliphatic rings. The topological polar surface area (TPSA) is 35.5 Å². The van der Waals surface area contributed by atoms with E-state index in [-0.39, 0.29) is 12.4 Å². The molecule has 0 N–H and O–H groups in total. The zero-order valence-corrected chi connectivity index (χ0v) is 4.95. The number of hydrogen-bond acceptors (Lipinski definition) is 3. The summed E-state index contributed by atoms with van der Waals surface area (Å²) in [5.41, 5.74) is 0. The van der Waals surface area contributed by atoms with Gasteiger partial charge in [0.25, 0.3) is 0 Å². The van der Waals surface area contributed by atoms with Crippen molar-refractivity contribution in [3.63, 3.8) is 0 Å². The highest BCUT2D eigenvalue weighted by Gasteiger charge is 1.88. The number of halogens is 1. The monoisotopic (exact) mass is 126 g/mol. The van der Waals surface area contributed by atoms with Crippen molar-refractivity contribution in [2.45, 2.75) is 0 Å². The quantitative estimate of drug-likeness (QED) is 0.451. The highest BCUT2D eigenvalue weighted by molar-refractivity contribution is 5.85. The SMILES string of the molecule is COC(=O)OC.Cl. The van der Waals surface area contributed by atoms with Crippen LogP contribution in [0.2, 0.25) is 0 Å². The Kier molecular flexibility index (Phi) is 7.75. The van der Waals surface area contributed by atoms with Gasteiger partial charge in [-0.1, -0.05) is 0 Å². The molecule has 4 heteroatoms. The molecular formula is C3H7ClO3. The highest BCUT2D eigenvalue weighted by Crippen LogP contribution is 1.72. The van der Waals surface area contributed by atoms with E-state index in [4.69, 9.17) is 0 Å². The second kappa shape index (κ2) is 5.56. The Hall–Kier alpha value is -0.440. The maximum atomic E-state index is 9.74. The summed E-state index contributed by atoms with van der Waals surface area (Å²) in [6.07, 6.45) is -0.657. The summed E-state index contributed by atoms with van der Waals surface area (Å²) in [5.74, 6) is 0. The van der Waals surface area contributed by atoms with Gasteiger partial charge in [-0.3, -0.25) is 0 Å². The van der Waals surface area contributed by atoms with Gasteiger partial charge < -0.3 is 9.47 Å². The second-order valence-corrected chi connectivity index (χ2v) is 0.658. The fourth-order valence-electron chi connectivity index (χ4n) is 0.0833. The summed E-state index contributed by atoms with van der Waals surface area (Å²) in [5, 5.41) is 0. The first-order valence-electron chi connectivity index (χ1n) is 1.43. The number of ether oxygens (including phenoxy) is 2. The average molecular weight is 127 g/mol. The first-order chi connectivity index (χ1) is 2.81. The molecular weight excluding hydrogens is 119 g/mol. The van der Waals surface area contributed by atoms with Gasteiger partial charge in [-0.2, -0.15) is 0 Å². The van der Waals surface area contributed by atoms with E-state index in [1.165, 1.54) is 14.2 Å². The van der Waals surface area contributed by atoms with Crippen LogP contribution in [0.25, 0.3) is 0 Å². The highest BCUT2D eigenvalue weighted by atomic mass is 35.5. The van der Waals surface area contributed by atoms with Crippen LogP contribution >= 0.6 is 12.4 Å². The van der Waals surface area contributed by atoms with Crippen LogP contribution in [-0.4, -0.2) is 20.4 Å². The summed E-state index contributed by atoms with van der Waals surface area (Å²) in [6.45, 7) is 0. The molecule has 0 aliphatic carbocycles. The molecule has 3 nitrogen and oxygen atoms in total. The lowest BCUT2D eigenvalue weighted by Gasteiger charge is -1.89. The maximum Gasteiger partial charge on any atom is 0.507 e. The Labute approximate surface area is 48.0 Å². The van der Waals surface area contributed by atoms with Crippen LogP contribution in [-0.2, 0) is 9.47 Å². The number of hydrogen-bond donors (Lipinski definition) is 0. The van der Waals surface area contributed by atoms with Gasteiger partial charge in [0, 0.05) is 0 Å². The predicted molar refractivity (Wildman–Crippen MR) is 26.7 cm³/mol. The smallest absolute Gasteiger partial charge is 0.438 e. The normalized spacial score (nSPS) is 6.00. The van der Waals surface area contributed by atoms with Gasteiger partial charge in [-0.25, -0.2) is 4.79 Å². The number of rotatable bonds is 0. The van der Waals surface area contributed by atoms with Gasteiger partial charge in [0.15, 0.2) is 0 Å². The van der Waals surface area contributed by atoms with Gasteiger partial charge >= 0.3 is 6.16 Å². The molecule has 0 aromatic rings. The van der Waals surface area contributed by atoms with Crippen molar-refractivity contribution in [1.82, 2.24) is 0 Å². The Morgan fingerprint density at radius 1 is 1.29 bits per heavy atom. The molecule has 0 saturated carbocycles. The van der Waals surface area contributed by atoms with Crippen LogP contribution in [0.1, 0.15) is 0 Å². The van der Waals surface area contributed by atoms with Crippen molar-refractivity contribution in [1.29, 1.82) is 0 Å². The van der Waals surface area contributed by atoms with Crippen LogP contribution in [0, 0.1) is 0 Å². The molecule has 0 bridgehead atoms. The first kappa shape index (κ1) is 9.75. The first-order valence-corrected chi connectivity index (χ1v) is 1.43. The van der Waals surface area contributed by atoms with E-state index in [2.05, 4.69) is 9.47 Å². The third-order valence-corrected chi connectivity index (χ3v) is 0.333. The Balaban J connectivity index is 0. The molecule has 0 aromatic carbocycles. The predicted octanol–water partition coefficient (Wildman–Crippen LogP) is 0.821. The summed E-state index contributed by atoms with van der Waals surface area (Å²) >= 11 is 0. The van der Waals surface area contributed by atoms with E-state index < -0.39 is 6.16 Å². The van der Waals surface area contributed by atoms with Crippen molar-refractivity contribution in [3.05, 3.63) is 0 Å². The van der Waals surface area contributed by atoms with E-state index in [0.717, 1.165) is 0 Å². The third kappa shape index (κ3) is 5.56. The zero-order chi connectivity index (χ0) is 4.99. The van der Waals surface area contributed by atoms with Crippen molar-refractivity contribution < 1.29 is 14.3 Å². The second-order valence-electron chi connectivity index (χ2n) is 0.658. The Bertz CT molecular complexity index is 48.1. The van der Waals surface area contributed by atoms with E-state index in [9.17, 15) is 4.79 Å². The number of methoxy groups -OCH3 is 2. The summed E-state index contributed by atoms with van der Waals surface area (Å²) < 4.78 is 8.08. The lowest BCUT2D eigenvalue weighted by Crippen LogP contribution is -1.97. The van der Waals surface area contributed by atoms with Gasteiger partial charge in [0.05, 0.1) is 14.2 Å². The molecule has 0 fully saturated rings. The van der Waals surface area contributed by atoms with Crippen molar-refractivity contribution in [3.8, 4) is 0 Å². The molecule has 0 spiro atoms. The Morgan fingerprint density at radius 2 is 1.57 bits per heavy atom. The van der Waals surface area contributed by atoms with Gasteiger partial charge in [0.2, 0.25) is 0 Å². The summed E-state index contributed by atoms with van der Waals surface area (Å²) in [6, 6.07) is 0. The van der Waals surface area contributed by atoms with Gasteiger partial charge in [-0.05, 0) is 0 Å². The number of carbonyl (C=O) groups excluding carboxylic acids is 1. The molecule has 0 aromatic heterocycles. The third-order valence-electron chi connectivity index (χ3n) is 0.333. The van der Waals surface area contributed by atoms with Crippen LogP contribution in [0.3, 0.4) is 0 Å². The molecule has 0 saturated heterocycles.